The maximum Gasteiger partial charge on any atom is 0.222 e. The molecule has 0 fully saturated rings. The number of benzene rings is 2. The second kappa shape index (κ2) is 12.0. The fraction of sp³-hybridized carbons (Fsp3) is 0.364. The zero-order valence-corrected chi connectivity index (χ0v) is 18.3. The molecule has 0 aromatic heterocycles. The molecule has 1 amide bonds. The van der Waals surface area contributed by atoms with Crippen molar-refractivity contribution in [2.24, 2.45) is 4.99 Å². The van der Waals surface area contributed by atoms with Crippen molar-refractivity contribution in [3.8, 4) is 0 Å². The number of aliphatic imine (C=N–C) groups is 1. The monoisotopic (exact) mass is 430 g/mol. The Kier molecular flexibility index (Phi) is 9.34. The van der Waals surface area contributed by atoms with Gasteiger partial charge >= 0.3 is 0 Å². The molecular weight excluding hydrogens is 400 g/mol. The van der Waals surface area contributed by atoms with E-state index in [-0.39, 0.29) is 5.91 Å². The van der Waals surface area contributed by atoms with Crippen LogP contribution in [0.15, 0.2) is 64.5 Å². The van der Waals surface area contributed by atoms with E-state index in [0.717, 1.165) is 24.1 Å². The van der Waals surface area contributed by atoms with Crippen molar-refractivity contribution in [1.29, 1.82) is 0 Å². The first kappa shape index (κ1) is 23.4. The normalized spacial score (nSPS) is 11.7. The van der Waals surface area contributed by atoms with Crippen molar-refractivity contribution in [2.75, 3.05) is 25.9 Å². The van der Waals surface area contributed by atoms with Gasteiger partial charge in [-0.2, -0.15) is 0 Å². The van der Waals surface area contributed by atoms with Crippen molar-refractivity contribution < 1.29 is 13.2 Å². The minimum Gasteiger partial charge on any atom is -0.357 e. The molecule has 0 bridgehead atoms. The molecule has 162 valence electrons. The summed E-state index contributed by atoms with van der Waals surface area (Å²) in [4.78, 5) is 16.7. The molecule has 0 unspecified atom stereocenters. The Bertz CT molecular complexity index is 927. The molecular formula is C22H30N4O3S. The first-order chi connectivity index (χ1) is 14.4. The molecule has 8 heteroatoms. The molecule has 7 nitrogen and oxygen atoms in total. The van der Waals surface area contributed by atoms with Gasteiger partial charge in [-0.25, -0.2) is 8.42 Å². The number of carbonyl (C=O) groups is 1. The number of rotatable bonds is 10. The van der Waals surface area contributed by atoms with Gasteiger partial charge in [-0.15, -0.1) is 0 Å². The van der Waals surface area contributed by atoms with Gasteiger partial charge in [0.1, 0.15) is 0 Å². The lowest BCUT2D eigenvalue weighted by atomic mass is 10.1. The molecule has 0 atom stereocenters. The lowest BCUT2D eigenvalue weighted by molar-refractivity contribution is -0.121. The molecule has 0 saturated carbocycles. The Balaban J connectivity index is 1.75. The van der Waals surface area contributed by atoms with Crippen LogP contribution in [0.4, 0.5) is 0 Å². The van der Waals surface area contributed by atoms with Crippen LogP contribution in [0.1, 0.15) is 24.5 Å². The van der Waals surface area contributed by atoms with E-state index in [9.17, 15) is 13.2 Å². The third-order valence-corrected chi connectivity index (χ3v) is 5.47. The first-order valence-corrected chi connectivity index (χ1v) is 11.9. The van der Waals surface area contributed by atoms with Crippen LogP contribution in [0.25, 0.3) is 0 Å². The Hall–Kier alpha value is -2.87. The summed E-state index contributed by atoms with van der Waals surface area (Å²) < 4.78 is 23.0. The highest BCUT2D eigenvalue weighted by molar-refractivity contribution is 7.90. The lowest BCUT2D eigenvalue weighted by Crippen LogP contribution is -2.38. The minimum absolute atomic E-state index is 0.0376. The smallest absolute Gasteiger partial charge is 0.222 e. The fourth-order valence-electron chi connectivity index (χ4n) is 2.72. The summed E-state index contributed by atoms with van der Waals surface area (Å²) >= 11 is 0. The van der Waals surface area contributed by atoms with Crippen LogP contribution < -0.4 is 16.0 Å². The fourth-order valence-corrected chi connectivity index (χ4v) is 3.35. The zero-order valence-electron chi connectivity index (χ0n) is 17.5. The minimum atomic E-state index is -3.18. The van der Waals surface area contributed by atoms with Gasteiger partial charge in [0.2, 0.25) is 5.91 Å². The van der Waals surface area contributed by atoms with E-state index in [1.807, 2.05) is 49.4 Å². The maximum absolute atomic E-state index is 12.0. The van der Waals surface area contributed by atoms with Crippen LogP contribution >= 0.6 is 0 Å². The number of nitrogens with one attached hydrogen (secondary N) is 3. The lowest BCUT2D eigenvalue weighted by Gasteiger charge is -2.11. The number of hydrogen-bond acceptors (Lipinski definition) is 4. The summed E-state index contributed by atoms with van der Waals surface area (Å²) in [7, 11) is -3.18. The number of sulfone groups is 1. The SMILES string of the molecule is CCNC(=NCCC(=O)NCc1ccccc1)NCCc1ccc(S(C)(=O)=O)cc1. The summed E-state index contributed by atoms with van der Waals surface area (Å²) in [5.74, 6) is 0.616. The second-order valence-corrected chi connectivity index (χ2v) is 8.88. The standard InChI is InChI=1S/C22H30N4O3S/c1-3-23-22(24-15-13-18-9-11-20(12-10-18)30(2,28)29)25-16-14-21(27)26-17-19-7-5-4-6-8-19/h4-12H,3,13-17H2,1-2H3,(H,26,27)(H2,23,24,25). The number of nitrogens with zero attached hydrogens (tertiary/aromatic N) is 1. The van der Waals surface area contributed by atoms with Gasteiger partial charge in [0.05, 0.1) is 11.4 Å². The molecule has 2 rings (SSSR count). The molecule has 3 N–H and O–H groups in total. The summed E-state index contributed by atoms with van der Waals surface area (Å²) in [6, 6.07) is 16.7. The van der Waals surface area contributed by atoms with Crippen LogP contribution in [0, 0.1) is 0 Å². The van der Waals surface area contributed by atoms with Crippen molar-refractivity contribution in [2.45, 2.75) is 31.2 Å². The second-order valence-electron chi connectivity index (χ2n) is 6.87. The van der Waals surface area contributed by atoms with Gasteiger partial charge in [0, 0.05) is 32.3 Å². The van der Waals surface area contributed by atoms with E-state index in [0.29, 0.717) is 36.9 Å². The predicted molar refractivity (Wildman–Crippen MR) is 120 cm³/mol. The van der Waals surface area contributed by atoms with Gasteiger partial charge in [-0.1, -0.05) is 42.5 Å². The van der Waals surface area contributed by atoms with Crippen molar-refractivity contribution in [1.82, 2.24) is 16.0 Å². The molecule has 0 aliphatic rings. The van der Waals surface area contributed by atoms with E-state index in [1.165, 1.54) is 6.26 Å². The Morgan fingerprint density at radius 1 is 0.933 bits per heavy atom. The van der Waals surface area contributed by atoms with Crippen LogP contribution in [0.5, 0.6) is 0 Å². The predicted octanol–water partition coefficient (Wildman–Crippen LogP) is 1.89. The van der Waals surface area contributed by atoms with Crippen LogP contribution in [-0.4, -0.2) is 46.2 Å². The van der Waals surface area contributed by atoms with Gasteiger partial charge in [0.25, 0.3) is 0 Å². The number of carbonyl (C=O) groups excluding carboxylic acids is 1. The molecule has 0 aliphatic heterocycles. The van der Waals surface area contributed by atoms with Crippen LogP contribution in [0.3, 0.4) is 0 Å². The molecule has 30 heavy (non-hydrogen) atoms. The van der Waals surface area contributed by atoms with E-state index in [2.05, 4.69) is 20.9 Å². The summed E-state index contributed by atoms with van der Waals surface area (Å²) in [5, 5.41) is 9.28. The van der Waals surface area contributed by atoms with E-state index in [1.54, 1.807) is 12.1 Å². The first-order valence-electron chi connectivity index (χ1n) is 10.0. The average Bonchev–Trinajstić information content (AvgIpc) is 2.73. The number of guanidine groups is 1. The van der Waals surface area contributed by atoms with Crippen molar-refractivity contribution >= 4 is 21.7 Å². The molecule has 0 heterocycles. The van der Waals surface area contributed by atoms with Gasteiger partial charge in [-0.3, -0.25) is 9.79 Å². The third kappa shape index (κ3) is 8.65. The molecule has 0 saturated heterocycles. The Morgan fingerprint density at radius 3 is 2.27 bits per heavy atom. The summed E-state index contributed by atoms with van der Waals surface area (Å²) in [6.07, 6.45) is 2.24. The summed E-state index contributed by atoms with van der Waals surface area (Å²) in [5.41, 5.74) is 2.10. The quantitative estimate of drug-likeness (QED) is 0.395. The van der Waals surface area contributed by atoms with Gasteiger partial charge in [0.15, 0.2) is 15.8 Å². The van der Waals surface area contributed by atoms with Gasteiger partial charge in [-0.05, 0) is 36.6 Å². The highest BCUT2D eigenvalue weighted by atomic mass is 32.2. The van der Waals surface area contributed by atoms with Crippen molar-refractivity contribution in [3.05, 3.63) is 65.7 Å². The zero-order chi connectivity index (χ0) is 21.8. The summed E-state index contributed by atoms with van der Waals surface area (Å²) in [6.45, 7) is 4.24. The third-order valence-electron chi connectivity index (χ3n) is 4.34. The molecule has 0 radical (unpaired) electrons. The highest BCUT2D eigenvalue weighted by Gasteiger charge is 2.06. The highest BCUT2D eigenvalue weighted by Crippen LogP contribution is 2.10. The number of hydrogen-bond donors (Lipinski definition) is 3. The molecule has 0 spiro atoms. The van der Waals surface area contributed by atoms with Crippen LogP contribution in [0.2, 0.25) is 0 Å². The maximum atomic E-state index is 12.0. The van der Waals surface area contributed by atoms with E-state index < -0.39 is 9.84 Å². The number of amides is 1. The van der Waals surface area contributed by atoms with Crippen molar-refractivity contribution in [3.63, 3.8) is 0 Å². The topological polar surface area (TPSA) is 99.7 Å². The van der Waals surface area contributed by atoms with E-state index >= 15 is 0 Å². The average molecular weight is 431 g/mol. The van der Waals surface area contributed by atoms with Gasteiger partial charge < -0.3 is 16.0 Å². The van der Waals surface area contributed by atoms with E-state index in [4.69, 9.17) is 0 Å². The largest absolute Gasteiger partial charge is 0.357 e. The molecule has 0 aliphatic carbocycles. The van der Waals surface area contributed by atoms with Crippen LogP contribution in [-0.2, 0) is 27.6 Å². The molecule has 2 aromatic carbocycles. The molecule has 2 aromatic rings. The Labute approximate surface area is 178 Å². The Morgan fingerprint density at radius 2 is 1.63 bits per heavy atom.